The largest absolute Gasteiger partial charge is 0.449 e. The second kappa shape index (κ2) is 6.87. The minimum absolute atomic E-state index is 0.0388. The van der Waals surface area contributed by atoms with E-state index in [2.05, 4.69) is 15.2 Å². The highest BCUT2D eigenvalue weighted by molar-refractivity contribution is 5.89. The van der Waals surface area contributed by atoms with Gasteiger partial charge in [-0.25, -0.2) is 4.79 Å². The molecule has 2 aromatic heterocycles. The predicted molar refractivity (Wildman–Crippen MR) is 84.5 cm³/mol. The molecule has 0 bridgehead atoms. The summed E-state index contributed by atoms with van der Waals surface area (Å²) in [6, 6.07) is 8.75. The zero-order valence-corrected chi connectivity index (χ0v) is 13.0. The lowest BCUT2D eigenvalue weighted by molar-refractivity contribution is -0.384. The van der Waals surface area contributed by atoms with Crippen molar-refractivity contribution in [1.82, 2.24) is 15.2 Å². The van der Waals surface area contributed by atoms with E-state index >= 15 is 0 Å². The van der Waals surface area contributed by atoms with Crippen LogP contribution in [-0.2, 0) is 4.74 Å². The topological polar surface area (TPSA) is 121 Å². The highest BCUT2D eigenvalue weighted by Gasteiger charge is 2.20. The van der Waals surface area contributed by atoms with E-state index in [1.54, 1.807) is 6.92 Å². The van der Waals surface area contributed by atoms with Gasteiger partial charge >= 0.3 is 5.97 Å². The van der Waals surface area contributed by atoms with E-state index in [-0.39, 0.29) is 17.5 Å². The first-order valence-electron chi connectivity index (χ1n) is 7.24. The third-order valence-electron chi connectivity index (χ3n) is 3.31. The van der Waals surface area contributed by atoms with Gasteiger partial charge in [-0.3, -0.25) is 15.1 Å². The number of esters is 1. The van der Waals surface area contributed by atoms with E-state index in [0.29, 0.717) is 11.1 Å². The molecule has 0 fully saturated rings. The minimum Gasteiger partial charge on any atom is -0.449 e. The minimum atomic E-state index is -0.750. The summed E-state index contributed by atoms with van der Waals surface area (Å²) >= 11 is 0. The van der Waals surface area contributed by atoms with Crippen LogP contribution in [0.2, 0.25) is 0 Å². The van der Waals surface area contributed by atoms with Gasteiger partial charge in [0.2, 0.25) is 5.89 Å². The zero-order valence-electron chi connectivity index (χ0n) is 13.0. The van der Waals surface area contributed by atoms with Gasteiger partial charge in [0.25, 0.3) is 11.6 Å². The number of rotatable bonds is 5. The summed E-state index contributed by atoms with van der Waals surface area (Å²) in [6.07, 6.45) is 2.22. The lowest BCUT2D eigenvalue weighted by atomic mass is 10.2. The average Bonchev–Trinajstić information content (AvgIpc) is 3.13. The Kier molecular flexibility index (Phi) is 4.46. The Hall–Kier alpha value is -3.62. The Morgan fingerprint density at radius 2 is 1.84 bits per heavy atom. The number of carbonyl (C=O) groups is 1. The molecule has 9 heteroatoms. The van der Waals surface area contributed by atoms with E-state index in [4.69, 9.17) is 9.15 Å². The monoisotopic (exact) mass is 340 g/mol. The maximum Gasteiger partial charge on any atom is 0.339 e. The molecular formula is C16H12N4O5. The Morgan fingerprint density at radius 3 is 2.48 bits per heavy atom. The summed E-state index contributed by atoms with van der Waals surface area (Å²) in [5, 5.41) is 18.4. The number of hydrogen-bond donors (Lipinski definition) is 0. The lowest BCUT2D eigenvalue weighted by Crippen LogP contribution is -2.09. The van der Waals surface area contributed by atoms with E-state index < -0.39 is 17.0 Å². The van der Waals surface area contributed by atoms with Crippen molar-refractivity contribution in [2.24, 2.45) is 0 Å². The van der Waals surface area contributed by atoms with Crippen molar-refractivity contribution < 1.29 is 18.9 Å². The van der Waals surface area contributed by atoms with Crippen LogP contribution in [0, 0.1) is 10.1 Å². The molecule has 0 saturated carbocycles. The molecule has 126 valence electrons. The number of hydrogen-bond acceptors (Lipinski definition) is 8. The fraction of sp³-hybridized carbons (Fsp3) is 0.125. The number of benzene rings is 1. The molecule has 25 heavy (non-hydrogen) atoms. The van der Waals surface area contributed by atoms with E-state index in [0.717, 1.165) is 0 Å². The number of pyridine rings is 1. The van der Waals surface area contributed by atoms with Crippen molar-refractivity contribution in [2.75, 3.05) is 0 Å². The van der Waals surface area contributed by atoms with Gasteiger partial charge < -0.3 is 9.15 Å². The van der Waals surface area contributed by atoms with Crippen LogP contribution in [-0.4, -0.2) is 26.1 Å². The molecule has 0 spiro atoms. The summed E-state index contributed by atoms with van der Waals surface area (Å²) in [6.45, 7) is 1.60. The van der Waals surface area contributed by atoms with Crippen LogP contribution < -0.4 is 0 Å². The molecular weight excluding hydrogens is 328 g/mol. The normalized spacial score (nSPS) is 11.7. The average molecular weight is 340 g/mol. The van der Waals surface area contributed by atoms with Gasteiger partial charge in [0, 0.05) is 30.1 Å². The zero-order chi connectivity index (χ0) is 17.8. The number of nitro benzene ring substituents is 1. The van der Waals surface area contributed by atoms with Crippen LogP contribution in [0.5, 0.6) is 0 Å². The summed E-state index contributed by atoms with van der Waals surface area (Å²) in [4.78, 5) is 26.0. The number of nitro groups is 1. The number of ether oxygens (including phenoxy) is 1. The molecule has 0 amide bonds. The van der Waals surface area contributed by atoms with Crippen molar-refractivity contribution in [3.8, 4) is 11.5 Å². The third kappa shape index (κ3) is 3.66. The molecule has 0 aliphatic carbocycles. The van der Waals surface area contributed by atoms with Crippen molar-refractivity contribution in [3.05, 3.63) is 70.4 Å². The van der Waals surface area contributed by atoms with Gasteiger partial charge in [0.1, 0.15) is 0 Å². The fourth-order valence-electron chi connectivity index (χ4n) is 2.01. The number of carbonyl (C=O) groups excluding carboxylic acids is 1. The van der Waals surface area contributed by atoms with Crippen LogP contribution in [0.15, 0.2) is 53.2 Å². The Labute approximate surface area is 141 Å². The molecule has 0 aliphatic heterocycles. The van der Waals surface area contributed by atoms with Gasteiger partial charge in [0.05, 0.1) is 10.5 Å². The molecule has 0 saturated heterocycles. The standard InChI is InChI=1S/C16H12N4O5/c1-10(24-16(21)12-6-8-17-9-7-12)14-18-19-15(25-14)11-2-4-13(5-3-11)20(22)23/h2-10H,1H3/t10-/m0/s1. The number of non-ortho nitro benzene ring substituents is 1. The smallest absolute Gasteiger partial charge is 0.339 e. The van der Waals surface area contributed by atoms with Gasteiger partial charge in [-0.15, -0.1) is 10.2 Å². The van der Waals surface area contributed by atoms with Crippen LogP contribution in [0.1, 0.15) is 29.3 Å². The second-order valence-corrected chi connectivity index (χ2v) is 5.03. The Morgan fingerprint density at radius 1 is 1.16 bits per heavy atom. The van der Waals surface area contributed by atoms with Crippen molar-refractivity contribution in [1.29, 1.82) is 0 Å². The molecule has 0 radical (unpaired) electrons. The number of nitrogens with zero attached hydrogens (tertiary/aromatic N) is 4. The quantitative estimate of drug-likeness (QED) is 0.395. The predicted octanol–water partition coefficient (Wildman–Crippen LogP) is 2.96. The van der Waals surface area contributed by atoms with Crippen molar-refractivity contribution in [3.63, 3.8) is 0 Å². The molecule has 1 atom stereocenters. The molecule has 0 unspecified atom stereocenters. The molecule has 9 nitrogen and oxygen atoms in total. The SMILES string of the molecule is C[C@H](OC(=O)c1ccncc1)c1nnc(-c2ccc([N+](=O)[O-])cc2)o1. The summed E-state index contributed by atoms with van der Waals surface area (Å²) in [5.41, 5.74) is 0.845. The second-order valence-electron chi connectivity index (χ2n) is 5.03. The van der Waals surface area contributed by atoms with Crippen LogP contribution in [0.25, 0.3) is 11.5 Å². The summed E-state index contributed by atoms with van der Waals surface area (Å²) in [7, 11) is 0. The Bertz CT molecular complexity index is 892. The van der Waals surface area contributed by atoms with Crippen LogP contribution in [0.3, 0.4) is 0 Å². The maximum absolute atomic E-state index is 12.0. The lowest BCUT2D eigenvalue weighted by Gasteiger charge is -2.08. The third-order valence-corrected chi connectivity index (χ3v) is 3.31. The Balaban J connectivity index is 1.72. The van der Waals surface area contributed by atoms with E-state index in [9.17, 15) is 14.9 Å². The van der Waals surface area contributed by atoms with Gasteiger partial charge in [-0.05, 0) is 31.2 Å². The molecule has 2 heterocycles. The first-order valence-corrected chi connectivity index (χ1v) is 7.24. The summed E-state index contributed by atoms with van der Waals surface area (Å²) < 4.78 is 10.8. The number of aromatic nitrogens is 3. The first kappa shape index (κ1) is 16.2. The van der Waals surface area contributed by atoms with Crippen LogP contribution in [0.4, 0.5) is 5.69 Å². The fourth-order valence-corrected chi connectivity index (χ4v) is 2.01. The van der Waals surface area contributed by atoms with Crippen molar-refractivity contribution in [2.45, 2.75) is 13.0 Å². The molecule has 0 N–H and O–H groups in total. The van der Waals surface area contributed by atoms with E-state index in [1.165, 1.54) is 48.8 Å². The highest BCUT2D eigenvalue weighted by Crippen LogP contribution is 2.24. The molecule has 3 rings (SSSR count). The van der Waals surface area contributed by atoms with E-state index in [1.807, 2.05) is 0 Å². The van der Waals surface area contributed by atoms with Crippen molar-refractivity contribution >= 4 is 11.7 Å². The van der Waals surface area contributed by atoms with Gasteiger partial charge in [0.15, 0.2) is 6.10 Å². The van der Waals surface area contributed by atoms with Gasteiger partial charge in [-0.1, -0.05) is 0 Å². The molecule has 3 aromatic rings. The van der Waals surface area contributed by atoms with Crippen LogP contribution >= 0.6 is 0 Å². The highest BCUT2D eigenvalue weighted by atomic mass is 16.6. The molecule has 1 aromatic carbocycles. The van der Waals surface area contributed by atoms with Gasteiger partial charge in [-0.2, -0.15) is 0 Å². The molecule has 0 aliphatic rings. The first-order chi connectivity index (χ1) is 12.0. The maximum atomic E-state index is 12.0. The summed E-state index contributed by atoms with van der Waals surface area (Å²) in [5.74, 6) is -0.238.